The number of carboxylic acid groups (broad SMARTS) is 1. The van der Waals surface area contributed by atoms with Crippen molar-refractivity contribution in [2.75, 3.05) is 0 Å². The largest absolute Gasteiger partial charge is 0.506 e. The van der Waals surface area contributed by atoms with E-state index >= 15 is 0 Å². The quantitative estimate of drug-likeness (QED) is 0.896. The van der Waals surface area contributed by atoms with Crippen molar-refractivity contribution in [3.63, 3.8) is 0 Å². The van der Waals surface area contributed by atoms with Gasteiger partial charge in [-0.1, -0.05) is 11.6 Å². The van der Waals surface area contributed by atoms with Crippen molar-refractivity contribution in [1.82, 2.24) is 0 Å². The molecule has 2 rings (SSSR count). The predicted octanol–water partition coefficient (Wildman–Crippen LogP) is 3.57. The van der Waals surface area contributed by atoms with Crippen molar-refractivity contribution in [3.8, 4) is 5.75 Å². The summed E-state index contributed by atoms with van der Waals surface area (Å²) in [5.41, 5.74) is -1.95. The number of carbonyl (C=O) groups is 1. The lowest BCUT2D eigenvalue weighted by Crippen LogP contribution is -2.15. The third kappa shape index (κ3) is 2.63. The zero-order valence-corrected chi connectivity index (χ0v) is 10.3. The number of benzene rings is 1. The number of carboxylic acids is 1. The Kier molecular flexibility index (Phi) is 3.16. The van der Waals surface area contributed by atoms with Gasteiger partial charge in [0.05, 0.1) is 17.0 Å². The fraction of sp³-hybridized carbons (Fsp3) is 0.417. The van der Waals surface area contributed by atoms with Gasteiger partial charge in [-0.15, -0.1) is 0 Å². The molecular weight excluding hydrogens is 285 g/mol. The summed E-state index contributed by atoms with van der Waals surface area (Å²) in [5.74, 6) is -1.58. The first-order valence-corrected chi connectivity index (χ1v) is 5.85. The average Bonchev–Trinajstić information content (AvgIpc) is 3.00. The molecule has 1 aromatic rings. The molecular formula is C12H10ClF3O3. The Morgan fingerprint density at radius 3 is 2.37 bits per heavy atom. The maximum atomic E-state index is 12.7. The van der Waals surface area contributed by atoms with Gasteiger partial charge in [0.15, 0.2) is 0 Å². The molecule has 0 unspecified atom stereocenters. The summed E-state index contributed by atoms with van der Waals surface area (Å²) in [4.78, 5) is 10.8. The van der Waals surface area contributed by atoms with E-state index in [1.165, 1.54) is 0 Å². The normalized spacial score (nSPS) is 17.3. The van der Waals surface area contributed by atoms with Gasteiger partial charge in [-0.05, 0) is 25.0 Å². The molecule has 1 aliphatic carbocycles. The fourth-order valence-electron chi connectivity index (χ4n) is 2.15. The standard InChI is InChI=1S/C12H10ClF3O3/c13-8-4-6(12(14,15)16)3-7(10(8)19)11(1-2-11)5-9(17)18/h3-4,19H,1-2,5H2,(H,17,18). The van der Waals surface area contributed by atoms with E-state index in [0.29, 0.717) is 18.9 Å². The van der Waals surface area contributed by atoms with Crippen molar-refractivity contribution >= 4 is 17.6 Å². The summed E-state index contributed by atoms with van der Waals surface area (Å²) >= 11 is 5.60. The van der Waals surface area contributed by atoms with Gasteiger partial charge in [-0.25, -0.2) is 0 Å². The smallest absolute Gasteiger partial charge is 0.416 e. The number of phenols is 1. The molecule has 0 atom stereocenters. The van der Waals surface area contributed by atoms with Crippen molar-refractivity contribution in [1.29, 1.82) is 0 Å². The molecule has 0 radical (unpaired) electrons. The molecule has 0 heterocycles. The highest BCUT2D eigenvalue weighted by Crippen LogP contribution is 2.55. The molecule has 1 aromatic carbocycles. The molecule has 2 N–H and O–H groups in total. The Hall–Kier alpha value is -1.43. The van der Waals surface area contributed by atoms with Crippen molar-refractivity contribution in [3.05, 3.63) is 28.3 Å². The fourth-order valence-corrected chi connectivity index (χ4v) is 2.37. The Balaban J connectivity index is 2.51. The van der Waals surface area contributed by atoms with Gasteiger partial charge in [0.2, 0.25) is 0 Å². The van der Waals surface area contributed by atoms with E-state index in [4.69, 9.17) is 16.7 Å². The van der Waals surface area contributed by atoms with Crippen LogP contribution in [0.3, 0.4) is 0 Å². The number of alkyl halides is 3. The highest BCUT2D eigenvalue weighted by Gasteiger charge is 2.49. The Bertz CT molecular complexity index is 536. The molecule has 0 amide bonds. The van der Waals surface area contributed by atoms with Gasteiger partial charge >= 0.3 is 12.1 Å². The minimum absolute atomic E-state index is 0.0327. The van der Waals surface area contributed by atoms with Crippen LogP contribution in [0.4, 0.5) is 13.2 Å². The molecule has 0 saturated heterocycles. The van der Waals surface area contributed by atoms with E-state index in [-0.39, 0.29) is 12.0 Å². The van der Waals surface area contributed by atoms with Gasteiger partial charge in [0, 0.05) is 11.0 Å². The summed E-state index contributed by atoms with van der Waals surface area (Å²) in [7, 11) is 0. The number of halogens is 4. The van der Waals surface area contributed by atoms with E-state index in [1.807, 2.05) is 0 Å². The van der Waals surface area contributed by atoms with Crippen LogP contribution in [0.25, 0.3) is 0 Å². The zero-order chi connectivity index (χ0) is 14.4. The van der Waals surface area contributed by atoms with Crippen LogP contribution in [0.2, 0.25) is 5.02 Å². The minimum Gasteiger partial charge on any atom is -0.506 e. The zero-order valence-electron chi connectivity index (χ0n) is 9.59. The van der Waals surface area contributed by atoms with E-state index in [9.17, 15) is 23.1 Å². The molecule has 1 aliphatic rings. The van der Waals surface area contributed by atoms with Crippen LogP contribution in [-0.2, 0) is 16.4 Å². The van der Waals surface area contributed by atoms with Gasteiger partial charge in [-0.2, -0.15) is 13.2 Å². The number of rotatable bonds is 3. The maximum absolute atomic E-state index is 12.7. The van der Waals surface area contributed by atoms with Gasteiger partial charge in [0.25, 0.3) is 0 Å². The molecule has 19 heavy (non-hydrogen) atoms. The third-order valence-corrected chi connectivity index (χ3v) is 3.59. The number of aromatic hydroxyl groups is 1. The van der Waals surface area contributed by atoms with E-state index < -0.39 is 33.9 Å². The summed E-state index contributed by atoms with van der Waals surface area (Å²) in [6, 6.07) is 1.42. The SMILES string of the molecule is O=C(O)CC1(c2cc(C(F)(F)F)cc(Cl)c2O)CC1. The lowest BCUT2D eigenvalue weighted by Gasteiger charge is -2.18. The summed E-state index contributed by atoms with van der Waals surface area (Å²) in [6.45, 7) is 0. The molecule has 0 aromatic heterocycles. The van der Waals surface area contributed by atoms with E-state index in [0.717, 1.165) is 6.07 Å². The number of hydrogen-bond donors (Lipinski definition) is 2. The molecule has 3 nitrogen and oxygen atoms in total. The molecule has 0 bridgehead atoms. The Morgan fingerprint density at radius 2 is 1.95 bits per heavy atom. The van der Waals surface area contributed by atoms with Gasteiger partial charge in [0.1, 0.15) is 5.75 Å². The van der Waals surface area contributed by atoms with Crippen LogP contribution in [0, 0.1) is 0 Å². The molecule has 1 saturated carbocycles. The second kappa shape index (κ2) is 4.30. The first kappa shape index (κ1) is 14.0. The Morgan fingerprint density at radius 1 is 1.37 bits per heavy atom. The first-order chi connectivity index (χ1) is 8.66. The van der Waals surface area contributed by atoms with Gasteiger partial charge in [-0.3, -0.25) is 4.79 Å². The van der Waals surface area contributed by atoms with Gasteiger partial charge < -0.3 is 10.2 Å². The Labute approximate surface area is 111 Å². The van der Waals surface area contributed by atoms with E-state index in [1.54, 1.807) is 0 Å². The lowest BCUT2D eigenvalue weighted by molar-refractivity contribution is -0.138. The minimum atomic E-state index is -4.59. The summed E-state index contributed by atoms with van der Waals surface area (Å²) in [5, 5.41) is 18.2. The van der Waals surface area contributed by atoms with Crippen molar-refractivity contribution in [2.24, 2.45) is 0 Å². The predicted molar refractivity (Wildman–Crippen MR) is 61.3 cm³/mol. The molecule has 7 heteroatoms. The van der Waals surface area contributed by atoms with Crippen LogP contribution in [0.15, 0.2) is 12.1 Å². The van der Waals surface area contributed by atoms with Crippen LogP contribution < -0.4 is 0 Å². The van der Waals surface area contributed by atoms with Crippen LogP contribution in [0.5, 0.6) is 5.75 Å². The van der Waals surface area contributed by atoms with Crippen LogP contribution >= 0.6 is 11.6 Å². The average molecular weight is 295 g/mol. The number of phenolic OH excluding ortho intramolecular Hbond substituents is 1. The van der Waals surface area contributed by atoms with Crippen LogP contribution in [0.1, 0.15) is 30.4 Å². The molecule has 0 aliphatic heterocycles. The summed E-state index contributed by atoms with van der Waals surface area (Å²) < 4.78 is 38.1. The second-order valence-corrected chi connectivity index (χ2v) is 5.11. The second-order valence-electron chi connectivity index (χ2n) is 4.70. The summed E-state index contributed by atoms with van der Waals surface area (Å²) in [6.07, 6.45) is -4.07. The first-order valence-electron chi connectivity index (χ1n) is 5.48. The van der Waals surface area contributed by atoms with Crippen molar-refractivity contribution in [2.45, 2.75) is 30.9 Å². The lowest BCUT2D eigenvalue weighted by atomic mass is 9.90. The molecule has 104 valence electrons. The topological polar surface area (TPSA) is 57.5 Å². The highest BCUT2D eigenvalue weighted by molar-refractivity contribution is 6.32. The number of aliphatic carboxylic acids is 1. The van der Waals surface area contributed by atoms with Crippen LogP contribution in [-0.4, -0.2) is 16.2 Å². The molecule has 0 spiro atoms. The highest BCUT2D eigenvalue weighted by atomic mass is 35.5. The monoisotopic (exact) mass is 294 g/mol. The van der Waals surface area contributed by atoms with E-state index in [2.05, 4.69) is 0 Å². The van der Waals surface area contributed by atoms with Crippen molar-refractivity contribution < 1.29 is 28.2 Å². The third-order valence-electron chi connectivity index (χ3n) is 3.31. The maximum Gasteiger partial charge on any atom is 0.416 e. The molecule has 1 fully saturated rings. The number of hydrogen-bond acceptors (Lipinski definition) is 2.